The average molecular weight is 230 g/mol. The van der Waals surface area contributed by atoms with E-state index in [9.17, 15) is 5.11 Å². The van der Waals surface area contributed by atoms with E-state index in [1.54, 1.807) is 0 Å². The summed E-state index contributed by atoms with van der Waals surface area (Å²) in [5, 5.41) is 10.4. The summed E-state index contributed by atoms with van der Waals surface area (Å²) in [6, 6.07) is 10.3. The lowest BCUT2D eigenvalue weighted by molar-refractivity contribution is 0.0775. The summed E-state index contributed by atoms with van der Waals surface area (Å²) in [5.74, 6) is 5.85. The van der Waals surface area contributed by atoms with E-state index in [1.807, 2.05) is 25.1 Å². The molecule has 0 heterocycles. The van der Waals surface area contributed by atoms with Gasteiger partial charge in [0.1, 0.15) is 0 Å². The van der Waals surface area contributed by atoms with Crippen LogP contribution in [-0.4, -0.2) is 11.2 Å². The molecule has 17 heavy (non-hydrogen) atoms. The van der Waals surface area contributed by atoms with Crippen molar-refractivity contribution in [2.45, 2.75) is 51.6 Å². The van der Waals surface area contributed by atoms with Gasteiger partial charge in [0.2, 0.25) is 0 Å². The van der Waals surface area contributed by atoms with E-state index in [-0.39, 0.29) is 5.41 Å². The van der Waals surface area contributed by atoms with Crippen LogP contribution in [0.5, 0.6) is 0 Å². The van der Waals surface area contributed by atoms with Gasteiger partial charge in [0.15, 0.2) is 0 Å². The topological polar surface area (TPSA) is 20.2 Å². The van der Waals surface area contributed by atoms with Gasteiger partial charge in [-0.1, -0.05) is 44.2 Å². The summed E-state index contributed by atoms with van der Waals surface area (Å²) in [7, 11) is 0. The largest absolute Gasteiger partial charge is 0.391 e. The van der Waals surface area contributed by atoms with Crippen LogP contribution in [-0.2, 0) is 5.41 Å². The van der Waals surface area contributed by atoms with Crippen LogP contribution >= 0.6 is 0 Å². The fraction of sp³-hybridized carbons (Fsp3) is 0.500. The van der Waals surface area contributed by atoms with Crippen molar-refractivity contribution < 1.29 is 5.11 Å². The number of aliphatic hydroxyl groups is 1. The van der Waals surface area contributed by atoms with Gasteiger partial charge in [-0.3, -0.25) is 0 Å². The molecule has 0 fully saturated rings. The molecule has 1 N–H and O–H groups in total. The molecule has 0 spiro atoms. The van der Waals surface area contributed by atoms with Gasteiger partial charge in [0.25, 0.3) is 0 Å². The lowest BCUT2D eigenvalue weighted by atomic mass is 9.70. The third-order valence-electron chi connectivity index (χ3n) is 3.72. The van der Waals surface area contributed by atoms with Gasteiger partial charge in [0.05, 0.1) is 6.10 Å². The lowest BCUT2D eigenvalue weighted by Crippen LogP contribution is -2.38. The zero-order chi connectivity index (χ0) is 12.7. The molecule has 0 aromatic heterocycles. The summed E-state index contributed by atoms with van der Waals surface area (Å²) < 4.78 is 0. The van der Waals surface area contributed by atoms with E-state index < -0.39 is 6.10 Å². The standard InChI is InChI=1S/C16H22O/c1-4-7-13-15(17)16(5-2,6-3)14-11-9-8-10-12-14/h8-12,15,17H,5-6,13H2,1-3H3. The molecule has 1 atom stereocenters. The highest BCUT2D eigenvalue weighted by atomic mass is 16.3. The van der Waals surface area contributed by atoms with E-state index in [1.165, 1.54) is 5.56 Å². The summed E-state index contributed by atoms with van der Waals surface area (Å²) >= 11 is 0. The van der Waals surface area contributed by atoms with Crippen molar-refractivity contribution in [3.63, 3.8) is 0 Å². The van der Waals surface area contributed by atoms with Crippen LogP contribution in [0.3, 0.4) is 0 Å². The zero-order valence-corrected chi connectivity index (χ0v) is 11.0. The number of hydrogen-bond acceptors (Lipinski definition) is 1. The van der Waals surface area contributed by atoms with Crippen molar-refractivity contribution in [3.05, 3.63) is 35.9 Å². The Morgan fingerprint density at radius 1 is 1.18 bits per heavy atom. The molecule has 1 aromatic carbocycles. The van der Waals surface area contributed by atoms with Crippen LogP contribution in [0.2, 0.25) is 0 Å². The molecule has 0 aliphatic rings. The molecule has 1 nitrogen and oxygen atoms in total. The lowest BCUT2D eigenvalue weighted by Gasteiger charge is -2.36. The van der Waals surface area contributed by atoms with Gasteiger partial charge in [-0.2, -0.15) is 0 Å². The van der Waals surface area contributed by atoms with Crippen LogP contribution in [0.4, 0.5) is 0 Å². The normalized spacial score (nSPS) is 12.7. The summed E-state index contributed by atoms with van der Waals surface area (Å²) in [6.07, 6.45) is 2.01. The van der Waals surface area contributed by atoms with Crippen LogP contribution in [0.1, 0.15) is 45.6 Å². The Kier molecular flexibility index (Phi) is 5.25. The highest BCUT2D eigenvalue weighted by Gasteiger charge is 2.35. The fourth-order valence-electron chi connectivity index (χ4n) is 2.49. The quantitative estimate of drug-likeness (QED) is 0.767. The average Bonchev–Trinajstić information content (AvgIpc) is 2.39. The van der Waals surface area contributed by atoms with Gasteiger partial charge >= 0.3 is 0 Å². The zero-order valence-electron chi connectivity index (χ0n) is 11.0. The molecule has 0 bridgehead atoms. The molecule has 0 saturated heterocycles. The minimum Gasteiger partial charge on any atom is -0.391 e. The molecule has 1 rings (SSSR count). The third kappa shape index (κ3) is 2.90. The maximum absolute atomic E-state index is 10.4. The fourth-order valence-corrected chi connectivity index (χ4v) is 2.49. The Hall–Kier alpha value is -1.26. The first kappa shape index (κ1) is 13.8. The SMILES string of the molecule is CC#CCC(O)C(CC)(CC)c1ccccc1. The Morgan fingerprint density at radius 2 is 1.76 bits per heavy atom. The van der Waals surface area contributed by atoms with E-state index in [4.69, 9.17) is 0 Å². The third-order valence-corrected chi connectivity index (χ3v) is 3.72. The van der Waals surface area contributed by atoms with Crippen molar-refractivity contribution >= 4 is 0 Å². The second kappa shape index (κ2) is 6.47. The molecular weight excluding hydrogens is 208 g/mol. The molecule has 0 amide bonds. The molecule has 0 saturated carbocycles. The highest BCUT2D eigenvalue weighted by molar-refractivity contribution is 5.27. The second-order valence-electron chi connectivity index (χ2n) is 4.38. The van der Waals surface area contributed by atoms with Crippen LogP contribution < -0.4 is 0 Å². The molecule has 0 radical (unpaired) electrons. The maximum Gasteiger partial charge on any atom is 0.0745 e. The van der Waals surface area contributed by atoms with Crippen molar-refractivity contribution in [1.82, 2.24) is 0 Å². The van der Waals surface area contributed by atoms with Crippen molar-refractivity contribution in [3.8, 4) is 11.8 Å². The minimum absolute atomic E-state index is 0.162. The van der Waals surface area contributed by atoms with Crippen molar-refractivity contribution in [1.29, 1.82) is 0 Å². The minimum atomic E-state index is -0.396. The van der Waals surface area contributed by atoms with Gasteiger partial charge in [-0.05, 0) is 25.3 Å². The predicted octanol–water partition coefficient (Wildman–Crippen LogP) is 3.52. The van der Waals surface area contributed by atoms with Crippen LogP contribution in [0.25, 0.3) is 0 Å². The van der Waals surface area contributed by atoms with Crippen LogP contribution in [0, 0.1) is 11.8 Å². The number of benzene rings is 1. The maximum atomic E-state index is 10.4. The van der Waals surface area contributed by atoms with Gasteiger partial charge in [-0.25, -0.2) is 0 Å². The van der Waals surface area contributed by atoms with E-state index in [0.717, 1.165) is 12.8 Å². The number of rotatable bonds is 5. The molecule has 92 valence electrons. The molecule has 0 aliphatic heterocycles. The molecular formula is C16H22O. The molecule has 0 aliphatic carbocycles. The van der Waals surface area contributed by atoms with E-state index in [2.05, 4.69) is 37.8 Å². The van der Waals surface area contributed by atoms with Crippen LogP contribution in [0.15, 0.2) is 30.3 Å². The molecule has 1 unspecified atom stereocenters. The van der Waals surface area contributed by atoms with Gasteiger partial charge in [-0.15, -0.1) is 11.8 Å². The molecule has 1 aromatic rings. The molecule has 1 heteroatoms. The summed E-state index contributed by atoms with van der Waals surface area (Å²) in [4.78, 5) is 0. The van der Waals surface area contributed by atoms with Crippen molar-refractivity contribution in [2.75, 3.05) is 0 Å². The van der Waals surface area contributed by atoms with Gasteiger partial charge < -0.3 is 5.11 Å². The summed E-state index contributed by atoms with van der Waals surface area (Å²) in [6.45, 7) is 6.09. The Morgan fingerprint density at radius 3 is 2.24 bits per heavy atom. The van der Waals surface area contributed by atoms with Gasteiger partial charge in [0, 0.05) is 11.8 Å². The predicted molar refractivity (Wildman–Crippen MR) is 72.8 cm³/mol. The van der Waals surface area contributed by atoms with E-state index in [0.29, 0.717) is 6.42 Å². The number of aliphatic hydroxyl groups excluding tert-OH is 1. The van der Waals surface area contributed by atoms with Crippen molar-refractivity contribution in [2.24, 2.45) is 0 Å². The Balaban J connectivity index is 3.07. The second-order valence-corrected chi connectivity index (χ2v) is 4.38. The smallest absolute Gasteiger partial charge is 0.0745 e. The number of hydrogen-bond donors (Lipinski definition) is 1. The monoisotopic (exact) mass is 230 g/mol. The first-order valence-electron chi connectivity index (χ1n) is 6.34. The Bertz CT molecular complexity index is 379. The summed E-state index contributed by atoms with van der Waals surface area (Å²) in [5.41, 5.74) is 1.06. The highest BCUT2D eigenvalue weighted by Crippen LogP contribution is 2.36. The first-order chi connectivity index (χ1) is 8.21. The Labute approximate surface area is 105 Å². The first-order valence-corrected chi connectivity index (χ1v) is 6.34. The van der Waals surface area contributed by atoms with E-state index >= 15 is 0 Å².